The van der Waals surface area contributed by atoms with Crippen molar-refractivity contribution in [3.05, 3.63) is 53.4 Å². The predicted octanol–water partition coefficient (Wildman–Crippen LogP) is 2.92. The smallest absolute Gasteiger partial charge is 0.407 e. The summed E-state index contributed by atoms with van der Waals surface area (Å²) in [5, 5.41) is 14.2. The minimum Gasteiger partial charge on any atom is -0.465 e. The molecule has 0 radical (unpaired) electrons. The van der Waals surface area contributed by atoms with E-state index in [0.29, 0.717) is 43.9 Å². The van der Waals surface area contributed by atoms with E-state index in [1.165, 1.54) is 13.4 Å². The molecular weight excluding hydrogens is 432 g/mol. The zero-order valence-corrected chi connectivity index (χ0v) is 18.5. The van der Waals surface area contributed by atoms with E-state index in [1.54, 1.807) is 0 Å². The summed E-state index contributed by atoms with van der Waals surface area (Å²) in [6.07, 6.45) is 3.54. The minimum atomic E-state index is -1.13. The Bertz CT molecular complexity index is 1110. The molecule has 9 nitrogen and oxygen atoms in total. The van der Waals surface area contributed by atoms with Crippen molar-refractivity contribution in [3.63, 3.8) is 0 Å². The quantitative estimate of drug-likeness (QED) is 0.525. The molecule has 2 amide bonds. The van der Waals surface area contributed by atoms with Gasteiger partial charge in [-0.1, -0.05) is 23.7 Å². The van der Waals surface area contributed by atoms with Crippen molar-refractivity contribution < 1.29 is 14.7 Å². The molecule has 4 rings (SSSR count). The number of carboxylic acid groups (broad SMARTS) is 1. The third-order valence-corrected chi connectivity index (χ3v) is 6.44. The van der Waals surface area contributed by atoms with Crippen LogP contribution in [-0.4, -0.2) is 69.2 Å². The summed E-state index contributed by atoms with van der Waals surface area (Å²) in [6, 6.07) is 9.36. The molecule has 1 aliphatic heterocycles. The number of likely N-dealkylation sites (N-methyl/N-ethyl adjacent to an activating group) is 1. The number of benzene rings is 1. The molecule has 1 saturated heterocycles. The molecule has 0 unspecified atom stereocenters. The topological polar surface area (TPSA) is 114 Å². The Morgan fingerprint density at radius 3 is 2.62 bits per heavy atom. The van der Waals surface area contributed by atoms with E-state index in [2.05, 4.69) is 25.2 Å². The monoisotopic (exact) mass is 456 g/mol. The second-order valence-corrected chi connectivity index (χ2v) is 8.37. The number of aromatic nitrogens is 3. The average molecular weight is 457 g/mol. The van der Waals surface area contributed by atoms with Gasteiger partial charge in [0.1, 0.15) is 23.3 Å². The Labute approximate surface area is 190 Å². The highest BCUT2D eigenvalue weighted by molar-refractivity contribution is 6.30. The van der Waals surface area contributed by atoms with Gasteiger partial charge in [0.15, 0.2) is 0 Å². The maximum atomic E-state index is 13.2. The van der Waals surface area contributed by atoms with E-state index in [-0.39, 0.29) is 5.91 Å². The van der Waals surface area contributed by atoms with Crippen molar-refractivity contribution in [1.82, 2.24) is 25.2 Å². The highest BCUT2D eigenvalue weighted by Crippen LogP contribution is 2.32. The van der Waals surface area contributed by atoms with E-state index in [9.17, 15) is 14.7 Å². The normalized spacial score (nSPS) is 15.5. The molecule has 0 spiro atoms. The number of fused-ring (bicyclic) bond motifs is 1. The first-order valence-electron chi connectivity index (χ1n) is 10.4. The zero-order valence-electron chi connectivity index (χ0n) is 17.7. The average Bonchev–Trinajstić information content (AvgIpc) is 3.29. The number of carbonyl (C=O) groups excluding carboxylic acids is 1. The Balaban J connectivity index is 1.46. The maximum absolute atomic E-state index is 13.2. The number of nitrogens with zero attached hydrogens (tertiary/aromatic N) is 4. The van der Waals surface area contributed by atoms with Crippen LogP contribution in [0.3, 0.4) is 0 Å². The van der Waals surface area contributed by atoms with E-state index in [4.69, 9.17) is 11.6 Å². The lowest BCUT2D eigenvalue weighted by molar-refractivity contribution is -0.133. The number of rotatable bonds is 6. The van der Waals surface area contributed by atoms with Crippen molar-refractivity contribution in [2.24, 2.45) is 0 Å². The number of nitrogens with one attached hydrogen (secondary N) is 2. The number of anilines is 1. The molecular formula is C22H25ClN6O3. The fourth-order valence-corrected chi connectivity index (χ4v) is 4.36. The van der Waals surface area contributed by atoms with Crippen LogP contribution >= 0.6 is 11.6 Å². The number of hydrogen-bond acceptors (Lipinski definition) is 5. The molecule has 168 valence electrons. The van der Waals surface area contributed by atoms with Crippen LogP contribution in [0.25, 0.3) is 11.0 Å². The summed E-state index contributed by atoms with van der Waals surface area (Å²) >= 11 is 5.92. The Morgan fingerprint density at radius 2 is 1.94 bits per heavy atom. The predicted molar refractivity (Wildman–Crippen MR) is 122 cm³/mol. The largest absolute Gasteiger partial charge is 0.465 e. The van der Waals surface area contributed by atoms with Crippen LogP contribution in [0.2, 0.25) is 5.02 Å². The Hall–Kier alpha value is -3.33. The van der Waals surface area contributed by atoms with Gasteiger partial charge >= 0.3 is 6.09 Å². The van der Waals surface area contributed by atoms with Gasteiger partial charge in [-0.05, 0) is 43.0 Å². The van der Waals surface area contributed by atoms with Gasteiger partial charge in [-0.3, -0.25) is 9.69 Å². The molecule has 3 heterocycles. The van der Waals surface area contributed by atoms with Gasteiger partial charge in [-0.2, -0.15) is 0 Å². The number of H-pyrrole nitrogens is 1. The third kappa shape index (κ3) is 4.20. The summed E-state index contributed by atoms with van der Waals surface area (Å²) in [4.78, 5) is 40.0. The molecule has 1 aliphatic rings. The van der Waals surface area contributed by atoms with Gasteiger partial charge in [0.05, 0.1) is 5.39 Å². The number of aromatic amines is 1. The van der Waals surface area contributed by atoms with Crippen molar-refractivity contribution in [1.29, 1.82) is 0 Å². The van der Waals surface area contributed by atoms with Crippen LogP contribution in [0.1, 0.15) is 18.4 Å². The zero-order chi connectivity index (χ0) is 22.7. The summed E-state index contributed by atoms with van der Waals surface area (Å²) in [5.74, 6) is 0.511. The van der Waals surface area contributed by atoms with Crippen LogP contribution in [0, 0.1) is 0 Å². The number of hydrogen-bond donors (Lipinski definition) is 3. The number of piperidine rings is 1. The number of carbonyl (C=O) groups is 2. The van der Waals surface area contributed by atoms with Crippen LogP contribution in [0.5, 0.6) is 0 Å². The van der Waals surface area contributed by atoms with E-state index < -0.39 is 11.6 Å². The van der Waals surface area contributed by atoms with Crippen molar-refractivity contribution >= 4 is 40.5 Å². The van der Waals surface area contributed by atoms with Crippen LogP contribution in [0.15, 0.2) is 42.9 Å². The third-order valence-electron chi connectivity index (χ3n) is 6.19. The lowest BCUT2D eigenvalue weighted by Crippen LogP contribution is -2.63. The second-order valence-electron chi connectivity index (χ2n) is 7.93. The van der Waals surface area contributed by atoms with Gasteiger partial charge in [0.25, 0.3) is 0 Å². The summed E-state index contributed by atoms with van der Waals surface area (Å²) < 4.78 is 0. The number of halogens is 1. The Kier molecular flexibility index (Phi) is 6.18. The van der Waals surface area contributed by atoms with E-state index in [1.807, 2.05) is 36.5 Å². The van der Waals surface area contributed by atoms with Gasteiger partial charge in [-0.15, -0.1) is 0 Å². The second kappa shape index (κ2) is 9.04. The highest BCUT2D eigenvalue weighted by Gasteiger charge is 2.47. The molecule has 3 aromatic rings. The fourth-order valence-electron chi connectivity index (χ4n) is 4.23. The highest BCUT2D eigenvalue weighted by atomic mass is 35.5. The SMILES string of the molecule is CN(C(=O)O)C1(C(=O)NCCc2ccc(Cl)cc2)CCN(c2ncnc3[nH]ccc23)CC1. The fraction of sp³-hybridized carbons (Fsp3) is 0.364. The summed E-state index contributed by atoms with van der Waals surface area (Å²) in [6.45, 7) is 1.41. The van der Waals surface area contributed by atoms with Crippen LogP contribution in [-0.2, 0) is 11.2 Å². The molecule has 0 saturated carbocycles. The molecule has 2 aromatic heterocycles. The van der Waals surface area contributed by atoms with Gasteiger partial charge < -0.3 is 20.3 Å². The minimum absolute atomic E-state index is 0.273. The molecule has 3 N–H and O–H groups in total. The lowest BCUT2D eigenvalue weighted by atomic mass is 9.84. The van der Waals surface area contributed by atoms with Crippen LogP contribution in [0.4, 0.5) is 10.6 Å². The van der Waals surface area contributed by atoms with Crippen molar-refractivity contribution in [3.8, 4) is 0 Å². The molecule has 10 heteroatoms. The standard InChI is InChI=1S/C22H25ClN6O3/c1-28(21(31)32)22(20(30)25-10-6-15-2-4-16(23)5-3-15)8-12-29(13-9-22)19-17-7-11-24-18(17)26-14-27-19/h2-5,7,11,14H,6,8-10,12-13H2,1H3,(H,25,30)(H,31,32)(H,24,26,27). The Morgan fingerprint density at radius 1 is 1.22 bits per heavy atom. The van der Waals surface area contributed by atoms with Gasteiger partial charge in [0.2, 0.25) is 5.91 Å². The van der Waals surface area contributed by atoms with E-state index >= 15 is 0 Å². The molecule has 1 aromatic carbocycles. The first-order chi connectivity index (χ1) is 15.4. The van der Waals surface area contributed by atoms with E-state index in [0.717, 1.165) is 27.3 Å². The van der Waals surface area contributed by atoms with Crippen LogP contribution < -0.4 is 10.2 Å². The van der Waals surface area contributed by atoms with Gasteiger partial charge in [0, 0.05) is 37.9 Å². The summed E-state index contributed by atoms with van der Waals surface area (Å²) in [7, 11) is 1.46. The first kappa shape index (κ1) is 21.9. The maximum Gasteiger partial charge on any atom is 0.407 e. The van der Waals surface area contributed by atoms with Crippen molar-refractivity contribution in [2.75, 3.05) is 31.6 Å². The molecule has 32 heavy (non-hydrogen) atoms. The molecule has 0 bridgehead atoms. The first-order valence-corrected chi connectivity index (χ1v) is 10.8. The van der Waals surface area contributed by atoms with Crippen molar-refractivity contribution in [2.45, 2.75) is 24.8 Å². The molecule has 1 fully saturated rings. The molecule has 0 aliphatic carbocycles. The molecule has 0 atom stereocenters. The lowest BCUT2D eigenvalue weighted by Gasteiger charge is -2.45. The summed E-state index contributed by atoms with van der Waals surface area (Å²) in [5.41, 5.74) is 0.658. The number of amides is 2. The van der Waals surface area contributed by atoms with Gasteiger partial charge in [-0.25, -0.2) is 14.8 Å².